The van der Waals surface area contributed by atoms with E-state index in [1.165, 1.54) is 0 Å². The Morgan fingerprint density at radius 3 is 2.57 bits per heavy atom. The van der Waals surface area contributed by atoms with Gasteiger partial charge in [-0.3, -0.25) is 4.79 Å². The van der Waals surface area contributed by atoms with Gasteiger partial charge in [0.15, 0.2) is 0 Å². The average molecular weight is 405 g/mol. The largest absolute Gasteiger partial charge is 0.469 e. The lowest BCUT2D eigenvalue weighted by atomic mass is 9.87. The summed E-state index contributed by atoms with van der Waals surface area (Å²) >= 11 is 0. The Labute approximate surface area is 166 Å². The number of hydrogen-bond acceptors (Lipinski definition) is 4. The summed E-state index contributed by atoms with van der Waals surface area (Å²) in [5, 5.41) is 2.98. The molecule has 2 N–H and O–H groups in total. The van der Waals surface area contributed by atoms with Crippen molar-refractivity contribution in [3.8, 4) is 0 Å². The molecule has 1 aromatic heterocycles. The van der Waals surface area contributed by atoms with Gasteiger partial charge in [-0.1, -0.05) is 32.9 Å². The molecule has 2 aromatic rings. The number of nitrogens with one attached hydrogen (secondary N) is 2. The third-order valence-corrected chi connectivity index (χ3v) is 6.54. The van der Waals surface area contributed by atoms with E-state index in [1.54, 1.807) is 18.4 Å². The molecule has 0 bridgehead atoms. The van der Waals surface area contributed by atoms with Gasteiger partial charge in [-0.25, -0.2) is 13.1 Å². The van der Waals surface area contributed by atoms with Crippen molar-refractivity contribution in [2.75, 3.05) is 6.54 Å². The van der Waals surface area contributed by atoms with Gasteiger partial charge in [0.25, 0.3) is 0 Å². The Kier molecular flexibility index (Phi) is 5.95. The molecule has 1 aromatic carbocycles. The number of carbonyl (C=O) groups is 1. The molecule has 0 spiro atoms. The maximum Gasteiger partial charge on any atom is 0.240 e. The topological polar surface area (TPSA) is 88.4 Å². The molecule has 0 radical (unpaired) electrons. The molecule has 1 amide bonds. The summed E-state index contributed by atoms with van der Waals surface area (Å²) in [4.78, 5) is 12.4. The molecule has 0 saturated carbocycles. The Bertz CT molecular complexity index is 924. The third-order valence-electron chi connectivity index (χ3n) is 5.06. The first-order valence-corrected chi connectivity index (χ1v) is 11.1. The van der Waals surface area contributed by atoms with Gasteiger partial charge in [0.1, 0.15) is 5.76 Å². The fraction of sp³-hybridized carbons (Fsp3) is 0.476. The standard InChI is InChI=1S/C21H28N2O4S/c1-21(2,3)15-7-9-16(10-8-15)28(25,26)22-13-11-20(24)23-18-5-4-6-19-17(18)12-14-27-19/h7-10,12,14,18,22H,4-6,11,13H2,1-3H3,(H,23,24). The molecular weight excluding hydrogens is 376 g/mol. The van der Waals surface area contributed by atoms with Gasteiger partial charge in [0.2, 0.25) is 15.9 Å². The molecular formula is C21H28N2O4S. The van der Waals surface area contributed by atoms with Crippen molar-refractivity contribution in [1.29, 1.82) is 0 Å². The molecule has 28 heavy (non-hydrogen) atoms. The van der Waals surface area contributed by atoms with Gasteiger partial charge in [0, 0.05) is 24.9 Å². The second-order valence-electron chi connectivity index (χ2n) is 8.23. The van der Waals surface area contributed by atoms with Crippen LogP contribution in [0.5, 0.6) is 0 Å². The van der Waals surface area contributed by atoms with Gasteiger partial charge in [-0.15, -0.1) is 0 Å². The van der Waals surface area contributed by atoms with Crippen LogP contribution in [-0.2, 0) is 26.7 Å². The first-order chi connectivity index (χ1) is 13.2. The zero-order valence-electron chi connectivity index (χ0n) is 16.6. The summed E-state index contributed by atoms with van der Waals surface area (Å²) in [6.45, 7) is 6.28. The van der Waals surface area contributed by atoms with Crippen LogP contribution in [0.2, 0.25) is 0 Å². The lowest BCUT2D eigenvalue weighted by Crippen LogP contribution is -2.34. The number of furan rings is 1. The molecule has 7 heteroatoms. The molecule has 0 aliphatic heterocycles. The summed E-state index contributed by atoms with van der Waals surface area (Å²) in [5.41, 5.74) is 2.05. The molecule has 1 aliphatic carbocycles. The Morgan fingerprint density at radius 1 is 1.18 bits per heavy atom. The molecule has 1 heterocycles. The molecule has 3 rings (SSSR count). The van der Waals surface area contributed by atoms with Crippen LogP contribution in [0.15, 0.2) is 45.9 Å². The lowest BCUT2D eigenvalue weighted by molar-refractivity contribution is -0.121. The second kappa shape index (κ2) is 8.09. The number of aryl methyl sites for hydroxylation is 1. The molecule has 1 unspecified atom stereocenters. The van der Waals surface area contributed by atoms with Gasteiger partial charge < -0.3 is 9.73 Å². The van der Waals surface area contributed by atoms with E-state index >= 15 is 0 Å². The minimum atomic E-state index is -3.64. The van der Waals surface area contributed by atoms with Crippen molar-refractivity contribution in [3.05, 3.63) is 53.5 Å². The third kappa shape index (κ3) is 4.83. The Morgan fingerprint density at radius 2 is 1.89 bits per heavy atom. The number of fused-ring (bicyclic) bond motifs is 1. The van der Waals surface area contributed by atoms with Gasteiger partial charge >= 0.3 is 0 Å². The Balaban J connectivity index is 1.52. The van der Waals surface area contributed by atoms with E-state index < -0.39 is 10.0 Å². The highest BCUT2D eigenvalue weighted by molar-refractivity contribution is 7.89. The number of hydrogen-bond donors (Lipinski definition) is 2. The number of rotatable bonds is 6. The number of benzene rings is 1. The summed E-state index contributed by atoms with van der Waals surface area (Å²) < 4.78 is 32.8. The maximum atomic E-state index is 12.4. The van der Waals surface area contributed by atoms with Crippen LogP contribution in [0.1, 0.15) is 63.0 Å². The van der Waals surface area contributed by atoms with Gasteiger partial charge in [-0.05, 0) is 42.0 Å². The van der Waals surface area contributed by atoms with E-state index in [4.69, 9.17) is 4.42 Å². The van der Waals surface area contributed by atoms with Gasteiger partial charge in [-0.2, -0.15) is 0 Å². The van der Waals surface area contributed by atoms with Crippen molar-refractivity contribution in [3.63, 3.8) is 0 Å². The van der Waals surface area contributed by atoms with E-state index in [1.807, 2.05) is 18.2 Å². The fourth-order valence-corrected chi connectivity index (χ4v) is 4.45. The van der Waals surface area contributed by atoms with Gasteiger partial charge in [0.05, 0.1) is 17.2 Å². The SMILES string of the molecule is CC(C)(C)c1ccc(S(=O)(=O)NCCC(=O)NC2CCCc3occc32)cc1. The molecule has 6 nitrogen and oxygen atoms in total. The molecule has 1 aliphatic rings. The van der Waals surface area contributed by atoms with Crippen LogP contribution in [0.4, 0.5) is 0 Å². The van der Waals surface area contributed by atoms with E-state index in [0.717, 1.165) is 36.1 Å². The fourth-order valence-electron chi connectivity index (χ4n) is 3.42. The van der Waals surface area contributed by atoms with Crippen molar-refractivity contribution in [2.24, 2.45) is 0 Å². The van der Waals surface area contributed by atoms with E-state index in [9.17, 15) is 13.2 Å². The Hall–Kier alpha value is -2.12. The minimum Gasteiger partial charge on any atom is -0.469 e. The zero-order chi connectivity index (χ0) is 20.4. The smallest absolute Gasteiger partial charge is 0.240 e. The van der Waals surface area contributed by atoms with E-state index in [2.05, 4.69) is 30.8 Å². The summed E-state index contributed by atoms with van der Waals surface area (Å²) in [6, 6.07) is 8.69. The number of sulfonamides is 1. The number of carbonyl (C=O) groups excluding carboxylic acids is 1. The van der Waals surface area contributed by atoms with E-state index in [-0.39, 0.29) is 35.2 Å². The second-order valence-corrected chi connectivity index (χ2v) is 10.0. The zero-order valence-corrected chi connectivity index (χ0v) is 17.4. The van der Waals surface area contributed by atoms with Crippen molar-refractivity contribution >= 4 is 15.9 Å². The van der Waals surface area contributed by atoms with Crippen LogP contribution in [0, 0.1) is 0 Å². The van der Waals surface area contributed by atoms with Crippen molar-refractivity contribution in [2.45, 2.75) is 62.8 Å². The highest BCUT2D eigenvalue weighted by Gasteiger charge is 2.24. The van der Waals surface area contributed by atoms with Crippen molar-refractivity contribution in [1.82, 2.24) is 10.0 Å². The molecule has 0 fully saturated rings. The van der Waals surface area contributed by atoms with Crippen LogP contribution < -0.4 is 10.0 Å². The summed E-state index contributed by atoms with van der Waals surface area (Å²) in [5.74, 6) is 0.751. The molecule has 152 valence electrons. The summed E-state index contributed by atoms with van der Waals surface area (Å²) in [6.07, 6.45) is 4.45. The normalized spacial score (nSPS) is 17.2. The highest BCUT2D eigenvalue weighted by Crippen LogP contribution is 2.30. The first kappa shape index (κ1) is 20.6. The predicted molar refractivity (Wildman–Crippen MR) is 107 cm³/mol. The van der Waals surface area contributed by atoms with Crippen LogP contribution >= 0.6 is 0 Å². The monoisotopic (exact) mass is 404 g/mol. The highest BCUT2D eigenvalue weighted by atomic mass is 32.2. The van der Waals surface area contributed by atoms with E-state index in [0.29, 0.717) is 0 Å². The predicted octanol–water partition coefficient (Wildman–Crippen LogP) is 3.44. The number of amides is 1. The molecule has 1 atom stereocenters. The molecule has 0 saturated heterocycles. The van der Waals surface area contributed by atoms with Crippen LogP contribution in [-0.4, -0.2) is 20.9 Å². The minimum absolute atomic E-state index is 0.0399. The van der Waals surface area contributed by atoms with Crippen LogP contribution in [0.3, 0.4) is 0 Å². The maximum absolute atomic E-state index is 12.4. The average Bonchev–Trinajstić information content (AvgIpc) is 3.11. The first-order valence-electron chi connectivity index (χ1n) is 9.63. The summed E-state index contributed by atoms with van der Waals surface area (Å²) in [7, 11) is -3.64. The van der Waals surface area contributed by atoms with Crippen molar-refractivity contribution < 1.29 is 17.6 Å². The quantitative estimate of drug-likeness (QED) is 0.772. The lowest BCUT2D eigenvalue weighted by Gasteiger charge is -2.22. The van der Waals surface area contributed by atoms with Crippen LogP contribution in [0.25, 0.3) is 0 Å².